The van der Waals surface area contributed by atoms with Crippen LogP contribution in [0, 0.1) is 5.82 Å². The number of ether oxygens (including phenoxy) is 1. The third kappa shape index (κ3) is 3.56. The van der Waals surface area contributed by atoms with Crippen LogP contribution < -0.4 is 0 Å². The molecule has 1 heterocycles. The van der Waals surface area contributed by atoms with Gasteiger partial charge in [-0.3, -0.25) is 4.79 Å². The third-order valence-corrected chi connectivity index (χ3v) is 5.05. The summed E-state index contributed by atoms with van der Waals surface area (Å²) in [6, 6.07) is 2.09. The van der Waals surface area contributed by atoms with Crippen LogP contribution in [0.5, 0.6) is 0 Å². The van der Waals surface area contributed by atoms with Gasteiger partial charge in [-0.15, -0.1) is 0 Å². The van der Waals surface area contributed by atoms with Gasteiger partial charge < -0.3 is 9.64 Å². The molecule has 0 aliphatic carbocycles. The van der Waals surface area contributed by atoms with Gasteiger partial charge in [-0.1, -0.05) is 15.9 Å². The van der Waals surface area contributed by atoms with E-state index in [1.165, 1.54) is 18.0 Å². The lowest BCUT2D eigenvalue weighted by Gasteiger charge is -2.23. The van der Waals surface area contributed by atoms with Crippen molar-refractivity contribution in [1.82, 2.24) is 4.90 Å². The van der Waals surface area contributed by atoms with Gasteiger partial charge in [0.1, 0.15) is 4.90 Å². The molecule has 5 nitrogen and oxygen atoms in total. The molecule has 1 aromatic carbocycles. The molecule has 9 heteroatoms. The van der Waals surface area contributed by atoms with Crippen LogP contribution in [0.2, 0.25) is 0 Å². The minimum absolute atomic E-state index is 0.160. The summed E-state index contributed by atoms with van der Waals surface area (Å²) < 4.78 is 42.5. The van der Waals surface area contributed by atoms with Crippen LogP contribution >= 0.6 is 26.6 Å². The minimum Gasteiger partial charge on any atom is -0.379 e. The molecule has 116 valence electrons. The van der Waals surface area contributed by atoms with E-state index in [0.29, 0.717) is 19.6 Å². The third-order valence-electron chi connectivity index (χ3n) is 3.27. The zero-order valence-electron chi connectivity index (χ0n) is 11.0. The Morgan fingerprint density at radius 3 is 2.71 bits per heavy atom. The van der Waals surface area contributed by atoms with Crippen molar-refractivity contribution in [2.75, 3.05) is 20.3 Å². The molecule has 21 heavy (non-hydrogen) atoms. The first-order valence-electron chi connectivity index (χ1n) is 6.00. The molecular weight excluding hydrogens is 389 g/mol. The van der Waals surface area contributed by atoms with Gasteiger partial charge in [-0.2, -0.15) is 0 Å². The summed E-state index contributed by atoms with van der Waals surface area (Å²) in [6.07, 6.45) is 0.651. The molecule has 1 aliphatic heterocycles. The van der Waals surface area contributed by atoms with E-state index in [9.17, 15) is 17.6 Å². The van der Waals surface area contributed by atoms with E-state index >= 15 is 0 Å². The average Bonchev–Trinajstić information content (AvgIpc) is 2.92. The molecule has 0 aromatic heterocycles. The van der Waals surface area contributed by atoms with Gasteiger partial charge in [0.05, 0.1) is 18.2 Å². The van der Waals surface area contributed by atoms with Crippen molar-refractivity contribution < 1.29 is 22.3 Å². The molecule has 0 saturated carbocycles. The lowest BCUT2D eigenvalue weighted by atomic mass is 10.1. The molecule has 0 bridgehead atoms. The molecule has 2 rings (SSSR count). The second-order valence-electron chi connectivity index (χ2n) is 4.64. The number of rotatable bonds is 3. The summed E-state index contributed by atoms with van der Waals surface area (Å²) in [7, 11) is 2.43. The molecule has 1 aromatic rings. The highest BCUT2D eigenvalue weighted by atomic mass is 79.9. The predicted molar refractivity (Wildman–Crippen MR) is 78.5 cm³/mol. The van der Waals surface area contributed by atoms with Gasteiger partial charge in [-0.25, -0.2) is 12.8 Å². The Bertz CT molecular complexity index is 676. The van der Waals surface area contributed by atoms with Crippen molar-refractivity contribution in [2.24, 2.45) is 0 Å². The maximum Gasteiger partial charge on any atom is 0.264 e. The van der Waals surface area contributed by atoms with Crippen LogP contribution in [0.1, 0.15) is 16.8 Å². The molecule has 1 unspecified atom stereocenters. The number of halogens is 3. The zero-order chi connectivity index (χ0) is 15.8. The van der Waals surface area contributed by atoms with Crippen LogP contribution in [0.15, 0.2) is 21.5 Å². The Balaban J connectivity index is 2.44. The van der Waals surface area contributed by atoms with Crippen molar-refractivity contribution in [3.63, 3.8) is 0 Å². The maximum absolute atomic E-state index is 14.3. The fraction of sp³-hybridized carbons (Fsp3) is 0.417. The van der Waals surface area contributed by atoms with Crippen LogP contribution in [0.4, 0.5) is 4.39 Å². The van der Waals surface area contributed by atoms with E-state index in [1.54, 1.807) is 0 Å². The Kier molecular flexibility index (Phi) is 4.92. The molecule has 1 fully saturated rings. The standard InChI is InChI=1S/C12H12BrClFNO4S/c1-16(8-2-3-20-6-8)12(17)9-4-7(13)5-10(11(9)15)21(14,18)19/h4-5,8H,2-3,6H2,1H3. The molecule has 0 radical (unpaired) electrons. The molecule has 0 N–H and O–H groups in total. The summed E-state index contributed by atoms with van der Waals surface area (Å²) >= 11 is 3.06. The largest absolute Gasteiger partial charge is 0.379 e. The Hall–Kier alpha value is -0.700. The predicted octanol–water partition coefficient (Wildman–Crippen LogP) is 2.38. The first-order valence-corrected chi connectivity index (χ1v) is 9.10. The van der Waals surface area contributed by atoms with Crippen molar-refractivity contribution in [1.29, 1.82) is 0 Å². The van der Waals surface area contributed by atoms with E-state index in [4.69, 9.17) is 15.4 Å². The highest BCUT2D eigenvalue weighted by Gasteiger charge is 2.29. The number of amides is 1. The lowest BCUT2D eigenvalue weighted by molar-refractivity contribution is 0.0706. The molecule has 1 atom stereocenters. The number of carbonyl (C=O) groups excluding carboxylic acids is 1. The molecule has 1 aliphatic rings. The minimum atomic E-state index is -4.28. The summed E-state index contributed by atoms with van der Waals surface area (Å²) in [4.78, 5) is 13.0. The number of hydrogen-bond acceptors (Lipinski definition) is 4. The Morgan fingerprint density at radius 2 is 2.19 bits per heavy atom. The molecule has 0 spiro atoms. The fourth-order valence-corrected chi connectivity index (χ4v) is 3.62. The van der Waals surface area contributed by atoms with Gasteiger partial charge in [-0.05, 0) is 18.6 Å². The topological polar surface area (TPSA) is 63.7 Å². The number of carbonyl (C=O) groups is 1. The fourth-order valence-electron chi connectivity index (χ4n) is 2.08. The second-order valence-corrected chi connectivity index (χ2v) is 8.09. The Labute approximate surface area is 134 Å². The molecule has 1 amide bonds. The van der Waals surface area contributed by atoms with Gasteiger partial charge in [0, 0.05) is 28.8 Å². The van der Waals surface area contributed by atoms with E-state index in [2.05, 4.69) is 15.9 Å². The van der Waals surface area contributed by atoms with E-state index < -0.39 is 25.7 Å². The number of hydrogen-bond donors (Lipinski definition) is 0. The van der Waals surface area contributed by atoms with Crippen molar-refractivity contribution in [3.05, 3.63) is 28.0 Å². The van der Waals surface area contributed by atoms with E-state index in [1.807, 2.05) is 0 Å². The van der Waals surface area contributed by atoms with Crippen LogP contribution in [0.3, 0.4) is 0 Å². The van der Waals surface area contributed by atoms with Crippen molar-refractivity contribution in [3.8, 4) is 0 Å². The summed E-state index contributed by atoms with van der Waals surface area (Å²) in [5.74, 6) is -1.77. The molecule has 1 saturated heterocycles. The smallest absolute Gasteiger partial charge is 0.264 e. The summed E-state index contributed by atoms with van der Waals surface area (Å²) in [5.41, 5.74) is -0.349. The van der Waals surface area contributed by atoms with Crippen LogP contribution in [0.25, 0.3) is 0 Å². The zero-order valence-corrected chi connectivity index (χ0v) is 14.1. The first-order chi connectivity index (χ1) is 9.71. The van der Waals surface area contributed by atoms with Crippen LogP contribution in [-0.2, 0) is 13.8 Å². The van der Waals surface area contributed by atoms with Gasteiger partial charge >= 0.3 is 0 Å². The monoisotopic (exact) mass is 399 g/mol. The van der Waals surface area contributed by atoms with E-state index in [0.717, 1.165) is 6.07 Å². The second kappa shape index (κ2) is 6.20. The summed E-state index contributed by atoms with van der Waals surface area (Å²) in [5, 5.41) is 0. The van der Waals surface area contributed by atoms with Crippen LogP contribution in [-0.4, -0.2) is 45.5 Å². The quantitative estimate of drug-likeness (QED) is 0.731. The highest BCUT2D eigenvalue weighted by Crippen LogP contribution is 2.28. The van der Waals surface area contributed by atoms with Gasteiger partial charge in [0.15, 0.2) is 5.82 Å². The number of benzene rings is 1. The average molecular weight is 401 g/mol. The highest BCUT2D eigenvalue weighted by molar-refractivity contribution is 9.10. The van der Waals surface area contributed by atoms with E-state index in [-0.39, 0.29) is 16.1 Å². The SMILES string of the molecule is CN(C(=O)c1cc(Br)cc(S(=O)(=O)Cl)c1F)C1CCOC1. The van der Waals surface area contributed by atoms with Crippen molar-refractivity contribution in [2.45, 2.75) is 17.4 Å². The molecular formula is C12H12BrClFNO4S. The maximum atomic E-state index is 14.3. The first kappa shape index (κ1) is 16.7. The van der Waals surface area contributed by atoms with Gasteiger partial charge in [0.2, 0.25) is 0 Å². The number of nitrogens with zero attached hydrogens (tertiary/aromatic N) is 1. The normalized spacial score (nSPS) is 18.8. The Morgan fingerprint density at radius 1 is 1.52 bits per heavy atom. The van der Waals surface area contributed by atoms with Crippen molar-refractivity contribution >= 4 is 41.6 Å². The van der Waals surface area contributed by atoms with Gasteiger partial charge in [0.25, 0.3) is 15.0 Å². The lowest BCUT2D eigenvalue weighted by Crippen LogP contribution is -2.37. The number of likely N-dealkylation sites (N-methyl/N-ethyl adjacent to an activating group) is 1. The summed E-state index contributed by atoms with van der Waals surface area (Å²) in [6.45, 7) is 0.906.